The van der Waals surface area contributed by atoms with Crippen molar-refractivity contribution in [3.05, 3.63) is 67.9 Å². The molecule has 0 spiro atoms. The van der Waals surface area contributed by atoms with Gasteiger partial charge in [0.05, 0.1) is 32.1 Å². The van der Waals surface area contributed by atoms with Gasteiger partial charge in [-0.3, -0.25) is 4.79 Å². The summed E-state index contributed by atoms with van der Waals surface area (Å²) in [4.78, 5) is 22.4. The van der Waals surface area contributed by atoms with Crippen LogP contribution in [-0.2, 0) is 15.3 Å². The molecule has 1 unspecified atom stereocenters. The molecular formula is C21H14Cl3F4N3O3. The van der Waals surface area contributed by atoms with Gasteiger partial charge in [0.25, 0.3) is 11.5 Å². The van der Waals surface area contributed by atoms with Crippen molar-refractivity contribution in [2.24, 2.45) is 10.3 Å². The molecule has 0 saturated heterocycles. The van der Waals surface area contributed by atoms with E-state index in [0.717, 1.165) is 12.1 Å². The lowest BCUT2D eigenvalue weighted by molar-refractivity contribution is -0.275. The van der Waals surface area contributed by atoms with Gasteiger partial charge in [0, 0.05) is 24.0 Å². The highest BCUT2D eigenvalue weighted by molar-refractivity contribution is 6.35. The number of carbonyl (C=O) groups excluding carboxylic acids is 1. The molecule has 180 valence electrons. The topological polar surface area (TPSA) is 72.3 Å². The van der Waals surface area contributed by atoms with Crippen molar-refractivity contribution in [2.45, 2.75) is 37.8 Å². The number of hydrogen-bond donors (Lipinski definition) is 1. The third-order valence-corrected chi connectivity index (χ3v) is 6.15. The second-order valence-electron chi connectivity index (χ2n) is 7.68. The second-order valence-corrected chi connectivity index (χ2v) is 8.90. The summed E-state index contributed by atoms with van der Waals surface area (Å²) in [6, 6.07) is 5.62. The van der Waals surface area contributed by atoms with Crippen LogP contribution in [-0.4, -0.2) is 29.7 Å². The number of nitrogens with one attached hydrogen (secondary N) is 1. The van der Waals surface area contributed by atoms with Crippen LogP contribution in [0.25, 0.3) is 0 Å². The van der Waals surface area contributed by atoms with E-state index in [0.29, 0.717) is 12.1 Å². The third kappa shape index (κ3) is 4.42. The Bertz CT molecular complexity index is 1210. The van der Waals surface area contributed by atoms with Crippen LogP contribution in [0.2, 0.25) is 15.1 Å². The third-order valence-electron chi connectivity index (χ3n) is 5.29. The van der Waals surface area contributed by atoms with E-state index in [1.54, 1.807) is 6.92 Å². The van der Waals surface area contributed by atoms with Crippen LogP contribution in [0.1, 0.15) is 41.3 Å². The van der Waals surface area contributed by atoms with Crippen LogP contribution in [0.5, 0.6) is 0 Å². The van der Waals surface area contributed by atoms with Crippen LogP contribution >= 0.6 is 34.8 Å². The van der Waals surface area contributed by atoms with Crippen LogP contribution in [0.4, 0.5) is 17.6 Å². The summed E-state index contributed by atoms with van der Waals surface area (Å²) in [7, 11) is 0. The number of oxime groups is 2. The van der Waals surface area contributed by atoms with Crippen molar-refractivity contribution in [2.75, 3.05) is 0 Å². The standard InChI is InChI=1S/C21H14Cl3F4N3O3/c1-9-4-17(33-30-9)29-19(32)12-3-2-10(5-13(12)22)16-8-20(34-31-16,21(26,27)28)11-6-14(23)18(25)15(24)7-11/h2-3,5-7,17H,4,8H2,1H3,(H,29,32)/t17?,20-/m0/s1. The van der Waals surface area contributed by atoms with E-state index < -0.39 is 51.8 Å². The molecule has 0 bridgehead atoms. The molecule has 2 aliphatic rings. The van der Waals surface area contributed by atoms with Crippen molar-refractivity contribution in [1.82, 2.24) is 5.32 Å². The molecule has 13 heteroatoms. The maximum Gasteiger partial charge on any atom is 0.435 e. The van der Waals surface area contributed by atoms with Crippen molar-refractivity contribution in [1.29, 1.82) is 0 Å². The molecule has 4 rings (SSSR count). The highest BCUT2D eigenvalue weighted by atomic mass is 35.5. The first-order valence-corrected chi connectivity index (χ1v) is 10.8. The van der Waals surface area contributed by atoms with E-state index in [4.69, 9.17) is 44.5 Å². The Morgan fingerprint density at radius 1 is 1.12 bits per heavy atom. The van der Waals surface area contributed by atoms with Gasteiger partial charge in [-0.05, 0) is 31.2 Å². The first-order chi connectivity index (χ1) is 15.9. The molecular weight excluding hydrogens is 525 g/mol. The van der Waals surface area contributed by atoms with Gasteiger partial charge in [-0.1, -0.05) is 51.2 Å². The van der Waals surface area contributed by atoms with Gasteiger partial charge in [-0.25, -0.2) is 4.39 Å². The number of alkyl halides is 3. The van der Waals surface area contributed by atoms with Crippen molar-refractivity contribution in [3.63, 3.8) is 0 Å². The Morgan fingerprint density at radius 2 is 1.79 bits per heavy atom. The number of amides is 1. The fraction of sp³-hybridized carbons (Fsp3) is 0.286. The Hall–Kier alpha value is -2.56. The van der Waals surface area contributed by atoms with E-state index in [2.05, 4.69) is 15.6 Å². The fourth-order valence-corrected chi connectivity index (χ4v) is 4.28. The number of nitrogens with zero attached hydrogens (tertiary/aromatic N) is 2. The Labute approximate surface area is 205 Å². The molecule has 0 aromatic heterocycles. The molecule has 0 aliphatic carbocycles. The van der Waals surface area contributed by atoms with Crippen molar-refractivity contribution >= 4 is 52.1 Å². The minimum absolute atomic E-state index is 0.0225. The predicted molar refractivity (Wildman–Crippen MR) is 118 cm³/mol. The Morgan fingerprint density at radius 3 is 2.35 bits per heavy atom. The number of rotatable bonds is 4. The maximum absolute atomic E-state index is 14.1. The smallest absolute Gasteiger partial charge is 0.374 e. The zero-order chi connectivity index (χ0) is 24.8. The second kappa shape index (κ2) is 8.90. The molecule has 34 heavy (non-hydrogen) atoms. The molecule has 0 saturated carbocycles. The number of halogens is 7. The van der Waals surface area contributed by atoms with Crippen molar-refractivity contribution in [3.8, 4) is 0 Å². The van der Waals surface area contributed by atoms with Gasteiger partial charge in [0.15, 0.2) is 5.82 Å². The lowest BCUT2D eigenvalue weighted by atomic mass is 9.86. The van der Waals surface area contributed by atoms with Crippen LogP contribution in [0, 0.1) is 5.82 Å². The zero-order valence-electron chi connectivity index (χ0n) is 17.1. The molecule has 0 radical (unpaired) electrons. The van der Waals surface area contributed by atoms with Gasteiger partial charge >= 0.3 is 6.18 Å². The van der Waals surface area contributed by atoms with Crippen LogP contribution in [0.3, 0.4) is 0 Å². The van der Waals surface area contributed by atoms with Gasteiger partial charge in [0.1, 0.15) is 0 Å². The van der Waals surface area contributed by atoms with Crippen LogP contribution < -0.4 is 5.32 Å². The summed E-state index contributed by atoms with van der Waals surface area (Å²) in [5, 5.41) is 8.76. The van der Waals surface area contributed by atoms with E-state index in [-0.39, 0.29) is 21.9 Å². The molecule has 2 aliphatic heterocycles. The molecule has 2 aromatic rings. The minimum Gasteiger partial charge on any atom is -0.374 e. The number of benzene rings is 2. The average Bonchev–Trinajstić information content (AvgIpc) is 3.38. The summed E-state index contributed by atoms with van der Waals surface area (Å²) >= 11 is 17.6. The highest BCUT2D eigenvalue weighted by Gasteiger charge is 2.62. The highest BCUT2D eigenvalue weighted by Crippen LogP contribution is 2.50. The molecule has 2 aromatic carbocycles. The van der Waals surface area contributed by atoms with Gasteiger partial charge in [-0.15, -0.1) is 0 Å². The summed E-state index contributed by atoms with van der Waals surface area (Å²) in [6.45, 7) is 1.74. The summed E-state index contributed by atoms with van der Waals surface area (Å²) < 4.78 is 56.2. The zero-order valence-corrected chi connectivity index (χ0v) is 19.4. The number of carbonyl (C=O) groups is 1. The Kier molecular flexibility index (Phi) is 6.43. The summed E-state index contributed by atoms with van der Waals surface area (Å²) in [6.07, 6.45) is -5.94. The molecule has 1 N–H and O–H groups in total. The summed E-state index contributed by atoms with van der Waals surface area (Å²) in [5.41, 5.74) is -2.55. The van der Waals surface area contributed by atoms with E-state index in [1.165, 1.54) is 18.2 Å². The van der Waals surface area contributed by atoms with Crippen LogP contribution in [0.15, 0.2) is 40.6 Å². The fourth-order valence-electron chi connectivity index (χ4n) is 3.52. The largest absolute Gasteiger partial charge is 0.435 e. The van der Waals surface area contributed by atoms with E-state index in [1.807, 2.05) is 0 Å². The predicted octanol–water partition coefficient (Wildman–Crippen LogP) is 6.22. The molecule has 1 amide bonds. The van der Waals surface area contributed by atoms with Gasteiger partial charge in [-0.2, -0.15) is 13.2 Å². The minimum atomic E-state index is -4.95. The van der Waals surface area contributed by atoms with Gasteiger partial charge < -0.3 is 15.0 Å². The molecule has 6 nitrogen and oxygen atoms in total. The quantitative estimate of drug-likeness (QED) is 0.371. The average molecular weight is 539 g/mol. The van der Waals surface area contributed by atoms with Crippen molar-refractivity contribution < 1.29 is 32.0 Å². The SMILES string of the molecule is CC1=NOC(NC(=O)c2ccc(C3=NO[C@@](c4cc(Cl)c(F)c(Cl)c4)(C(F)(F)F)C3)cc2Cl)C1. The molecule has 0 fully saturated rings. The summed E-state index contributed by atoms with van der Waals surface area (Å²) in [5.74, 6) is -1.59. The first-order valence-electron chi connectivity index (χ1n) is 9.68. The lowest BCUT2D eigenvalue weighted by Crippen LogP contribution is -2.42. The first kappa shape index (κ1) is 24.6. The molecule has 2 heterocycles. The van der Waals surface area contributed by atoms with E-state index >= 15 is 0 Å². The Balaban J connectivity index is 1.59. The van der Waals surface area contributed by atoms with Gasteiger partial charge in [0.2, 0.25) is 6.23 Å². The molecule has 2 atom stereocenters. The lowest BCUT2D eigenvalue weighted by Gasteiger charge is -2.29. The normalized spacial score (nSPS) is 22.1. The number of hydrogen-bond acceptors (Lipinski definition) is 5. The van der Waals surface area contributed by atoms with E-state index in [9.17, 15) is 22.4 Å². The monoisotopic (exact) mass is 537 g/mol. The maximum atomic E-state index is 14.1.